The molecule has 2 saturated carbocycles. The standard InChI is InChI=1S/C15H30N2/c1-12(2)10-17(14-7-8-14)15(11-16)9-5-4-6-13(15)3/h12-14H,4-11,16H2,1-3H3. The molecular weight excluding hydrogens is 208 g/mol. The smallest absolute Gasteiger partial charge is 0.0360 e. The van der Waals surface area contributed by atoms with Gasteiger partial charge in [-0.25, -0.2) is 0 Å². The predicted molar refractivity (Wildman–Crippen MR) is 74.0 cm³/mol. The number of hydrogen-bond acceptors (Lipinski definition) is 2. The van der Waals surface area contributed by atoms with Crippen LogP contribution in [0, 0.1) is 11.8 Å². The molecule has 0 aromatic carbocycles. The minimum absolute atomic E-state index is 0.323. The molecular formula is C15H30N2. The SMILES string of the molecule is CC(C)CN(C1CC1)C1(CN)CCCCC1C. The minimum Gasteiger partial charge on any atom is -0.329 e. The van der Waals surface area contributed by atoms with Crippen molar-refractivity contribution in [1.29, 1.82) is 0 Å². The van der Waals surface area contributed by atoms with Crippen molar-refractivity contribution in [3.63, 3.8) is 0 Å². The highest BCUT2D eigenvalue weighted by Gasteiger charge is 2.47. The Kier molecular flexibility index (Phi) is 4.14. The molecule has 2 N–H and O–H groups in total. The van der Waals surface area contributed by atoms with Crippen LogP contribution in [0.4, 0.5) is 0 Å². The van der Waals surface area contributed by atoms with E-state index in [-0.39, 0.29) is 0 Å². The quantitative estimate of drug-likeness (QED) is 0.798. The van der Waals surface area contributed by atoms with Crippen LogP contribution in [0.5, 0.6) is 0 Å². The van der Waals surface area contributed by atoms with Gasteiger partial charge in [-0.05, 0) is 37.5 Å². The van der Waals surface area contributed by atoms with Crippen LogP contribution in [0.2, 0.25) is 0 Å². The summed E-state index contributed by atoms with van der Waals surface area (Å²) in [7, 11) is 0. The van der Waals surface area contributed by atoms with Crippen molar-refractivity contribution in [3.05, 3.63) is 0 Å². The molecule has 2 fully saturated rings. The fourth-order valence-electron chi connectivity index (χ4n) is 3.72. The summed E-state index contributed by atoms with van der Waals surface area (Å²) in [5, 5.41) is 0. The highest BCUT2D eigenvalue weighted by Crippen LogP contribution is 2.43. The molecule has 17 heavy (non-hydrogen) atoms. The fourth-order valence-corrected chi connectivity index (χ4v) is 3.72. The summed E-state index contributed by atoms with van der Waals surface area (Å²) in [6.07, 6.45) is 8.29. The van der Waals surface area contributed by atoms with E-state index >= 15 is 0 Å². The molecule has 0 saturated heterocycles. The molecule has 0 aromatic heterocycles. The topological polar surface area (TPSA) is 29.3 Å². The van der Waals surface area contributed by atoms with Crippen molar-refractivity contribution in [2.45, 2.75) is 70.9 Å². The van der Waals surface area contributed by atoms with Crippen molar-refractivity contribution < 1.29 is 0 Å². The van der Waals surface area contributed by atoms with E-state index in [0.29, 0.717) is 5.54 Å². The Morgan fingerprint density at radius 1 is 1.24 bits per heavy atom. The van der Waals surface area contributed by atoms with Crippen LogP contribution in [-0.4, -0.2) is 29.6 Å². The summed E-state index contributed by atoms with van der Waals surface area (Å²) in [4.78, 5) is 2.81. The number of hydrogen-bond donors (Lipinski definition) is 1. The fraction of sp³-hybridized carbons (Fsp3) is 1.00. The van der Waals surface area contributed by atoms with Crippen molar-refractivity contribution in [2.24, 2.45) is 17.6 Å². The van der Waals surface area contributed by atoms with Crippen LogP contribution >= 0.6 is 0 Å². The molecule has 0 bridgehead atoms. The summed E-state index contributed by atoms with van der Waals surface area (Å²) in [5.74, 6) is 1.54. The third-order valence-electron chi connectivity index (χ3n) is 4.89. The van der Waals surface area contributed by atoms with Gasteiger partial charge in [-0.15, -0.1) is 0 Å². The van der Waals surface area contributed by atoms with Crippen molar-refractivity contribution >= 4 is 0 Å². The normalized spacial score (nSPS) is 34.6. The van der Waals surface area contributed by atoms with E-state index in [1.54, 1.807) is 0 Å². The van der Waals surface area contributed by atoms with Crippen LogP contribution < -0.4 is 5.73 Å². The first kappa shape index (κ1) is 13.4. The second-order valence-corrected chi connectivity index (χ2v) is 6.73. The van der Waals surface area contributed by atoms with E-state index in [1.165, 1.54) is 45.1 Å². The monoisotopic (exact) mass is 238 g/mol. The largest absolute Gasteiger partial charge is 0.329 e. The van der Waals surface area contributed by atoms with Crippen LogP contribution in [0.25, 0.3) is 0 Å². The van der Waals surface area contributed by atoms with Gasteiger partial charge in [0, 0.05) is 24.7 Å². The lowest BCUT2D eigenvalue weighted by Gasteiger charge is -2.51. The van der Waals surface area contributed by atoms with Crippen molar-refractivity contribution in [1.82, 2.24) is 4.90 Å². The van der Waals surface area contributed by atoms with E-state index in [1.807, 2.05) is 0 Å². The maximum atomic E-state index is 6.23. The first-order valence-electron chi connectivity index (χ1n) is 7.57. The molecule has 2 unspecified atom stereocenters. The van der Waals surface area contributed by atoms with Gasteiger partial charge in [-0.1, -0.05) is 33.6 Å². The van der Waals surface area contributed by atoms with Crippen molar-refractivity contribution in [2.75, 3.05) is 13.1 Å². The molecule has 2 nitrogen and oxygen atoms in total. The second-order valence-electron chi connectivity index (χ2n) is 6.73. The Bertz CT molecular complexity index is 247. The van der Waals surface area contributed by atoms with Gasteiger partial charge in [0.05, 0.1) is 0 Å². The Hall–Kier alpha value is -0.0800. The van der Waals surface area contributed by atoms with Gasteiger partial charge in [0.25, 0.3) is 0 Å². The minimum atomic E-state index is 0.323. The lowest BCUT2D eigenvalue weighted by atomic mass is 9.72. The second kappa shape index (κ2) is 5.27. The van der Waals surface area contributed by atoms with Gasteiger partial charge in [-0.3, -0.25) is 4.90 Å². The summed E-state index contributed by atoms with van der Waals surface area (Å²) < 4.78 is 0. The summed E-state index contributed by atoms with van der Waals surface area (Å²) >= 11 is 0. The maximum Gasteiger partial charge on any atom is 0.0360 e. The van der Waals surface area contributed by atoms with Gasteiger partial charge in [-0.2, -0.15) is 0 Å². The van der Waals surface area contributed by atoms with Crippen LogP contribution in [0.1, 0.15) is 59.3 Å². The lowest BCUT2D eigenvalue weighted by Crippen LogP contribution is -2.60. The number of rotatable bonds is 5. The van der Waals surface area contributed by atoms with E-state index in [0.717, 1.165) is 24.4 Å². The molecule has 2 rings (SSSR count). The van der Waals surface area contributed by atoms with Gasteiger partial charge in [0.1, 0.15) is 0 Å². The summed E-state index contributed by atoms with van der Waals surface area (Å²) in [5.41, 5.74) is 6.55. The van der Waals surface area contributed by atoms with E-state index in [4.69, 9.17) is 5.73 Å². The van der Waals surface area contributed by atoms with E-state index in [9.17, 15) is 0 Å². The average molecular weight is 238 g/mol. The maximum absolute atomic E-state index is 6.23. The molecule has 0 amide bonds. The zero-order valence-electron chi connectivity index (χ0n) is 11.9. The summed E-state index contributed by atoms with van der Waals surface area (Å²) in [6, 6.07) is 0.849. The third-order valence-corrected chi connectivity index (χ3v) is 4.89. The first-order valence-corrected chi connectivity index (χ1v) is 7.57. The van der Waals surface area contributed by atoms with E-state index in [2.05, 4.69) is 25.7 Å². The molecule has 0 aromatic rings. The molecule has 2 aliphatic carbocycles. The highest BCUT2D eigenvalue weighted by molar-refractivity contribution is 5.03. The molecule has 2 heteroatoms. The lowest BCUT2D eigenvalue weighted by molar-refractivity contribution is -0.00155. The Morgan fingerprint density at radius 2 is 1.94 bits per heavy atom. The van der Waals surface area contributed by atoms with Crippen LogP contribution in [-0.2, 0) is 0 Å². The predicted octanol–water partition coefficient (Wildman–Crippen LogP) is 3.01. The van der Waals surface area contributed by atoms with Gasteiger partial charge >= 0.3 is 0 Å². The summed E-state index contributed by atoms with van der Waals surface area (Å²) in [6.45, 7) is 9.21. The van der Waals surface area contributed by atoms with Gasteiger partial charge in [0.15, 0.2) is 0 Å². The Morgan fingerprint density at radius 3 is 2.41 bits per heavy atom. The zero-order chi connectivity index (χ0) is 12.5. The molecule has 0 spiro atoms. The molecule has 2 aliphatic rings. The highest BCUT2D eigenvalue weighted by atomic mass is 15.3. The number of nitrogens with zero attached hydrogens (tertiary/aromatic N) is 1. The number of nitrogens with two attached hydrogens (primary N) is 1. The molecule has 100 valence electrons. The molecule has 0 aliphatic heterocycles. The molecule has 2 atom stereocenters. The van der Waals surface area contributed by atoms with Gasteiger partial charge < -0.3 is 5.73 Å². The molecule has 0 radical (unpaired) electrons. The third kappa shape index (κ3) is 2.68. The zero-order valence-corrected chi connectivity index (χ0v) is 11.9. The molecule has 0 heterocycles. The first-order chi connectivity index (χ1) is 8.10. The average Bonchev–Trinajstić information content (AvgIpc) is 3.11. The van der Waals surface area contributed by atoms with E-state index < -0.39 is 0 Å². The van der Waals surface area contributed by atoms with Crippen LogP contribution in [0.15, 0.2) is 0 Å². The van der Waals surface area contributed by atoms with Gasteiger partial charge in [0.2, 0.25) is 0 Å². The Labute approximate surface area is 107 Å². The van der Waals surface area contributed by atoms with Crippen LogP contribution in [0.3, 0.4) is 0 Å². The van der Waals surface area contributed by atoms with Crippen molar-refractivity contribution in [3.8, 4) is 0 Å². The Balaban J connectivity index is 2.16.